The summed E-state index contributed by atoms with van der Waals surface area (Å²) in [6.07, 6.45) is 6.09. The maximum Gasteiger partial charge on any atom is 0.274 e. The number of anilines is 3. The van der Waals surface area contributed by atoms with Crippen LogP contribution in [-0.4, -0.2) is 54.4 Å². The van der Waals surface area contributed by atoms with Crippen LogP contribution in [0.1, 0.15) is 43.0 Å². The van der Waals surface area contributed by atoms with Crippen LogP contribution in [0, 0.1) is 5.41 Å². The van der Waals surface area contributed by atoms with Gasteiger partial charge in [-0.05, 0) is 62.3 Å². The normalized spacial score (nSPS) is 17.1. The Hall–Kier alpha value is -2.92. The first-order valence-electron chi connectivity index (χ1n) is 11.1. The van der Waals surface area contributed by atoms with Crippen molar-refractivity contribution in [1.82, 2.24) is 9.55 Å². The SMILES string of the molecule is CCn1cccc(NC(=O)c2ccc(NS(=O)(=O)CCO)nc2N2CCC3(CC2)CC3)c1=O. The molecule has 2 aromatic heterocycles. The molecule has 2 aliphatic rings. The molecular weight excluding hydrogens is 446 g/mol. The van der Waals surface area contributed by atoms with E-state index in [1.54, 1.807) is 18.3 Å². The number of aromatic nitrogens is 2. The first-order valence-corrected chi connectivity index (χ1v) is 12.8. The Balaban J connectivity index is 1.64. The number of hydrogen-bond donors (Lipinski definition) is 3. The molecule has 4 rings (SSSR count). The van der Waals surface area contributed by atoms with Crippen LogP contribution in [0.3, 0.4) is 0 Å². The molecule has 1 aliphatic carbocycles. The number of hydrogen-bond acceptors (Lipinski definition) is 7. The van der Waals surface area contributed by atoms with E-state index in [2.05, 4.69) is 15.0 Å². The minimum atomic E-state index is -3.76. The molecule has 0 radical (unpaired) electrons. The molecule has 1 saturated carbocycles. The first kappa shape index (κ1) is 23.2. The van der Waals surface area contributed by atoms with Gasteiger partial charge < -0.3 is 19.9 Å². The second kappa shape index (κ2) is 9.14. The number of rotatable bonds is 8. The Labute approximate surface area is 192 Å². The minimum Gasteiger partial charge on any atom is -0.395 e. The zero-order chi connectivity index (χ0) is 23.6. The van der Waals surface area contributed by atoms with Gasteiger partial charge >= 0.3 is 0 Å². The van der Waals surface area contributed by atoms with E-state index in [-0.39, 0.29) is 22.6 Å². The van der Waals surface area contributed by atoms with Gasteiger partial charge in [0.05, 0.1) is 17.9 Å². The summed E-state index contributed by atoms with van der Waals surface area (Å²) < 4.78 is 28.0. The third-order valence-corrected chi connectivity index (χ3v) is 7.67. The zero-order valence-corrected chi connectivity index (χ0v) is 19.4. The second-order valence-electron chi connectivity index (χ2n) is 8.67. The summed E-state index contributed by atoms with van der Waals surface area (Å²) in [7, 11) is -3.76. The number of aryl methyl sites for hydroxylation is 1. The van der Waals surface area contributed by atoms with Gasteiger partial charge in [0.15, 0.2) is 0 Å². The van der Waals surface area contributed by atoms with Crippen molar-refractivity contribution in [3.63, 3.8) is 0 Å². The summed E-state index contributed by atoms with van der Waals surface area (Å²) in [6, 6.07) is 6.17. The molecule has 1 aliphatic heterocycles. The fourth-order valence-electron chi connectivity index (χ4n) is 4.19. The monoisotopic (exact) mass is 475 g/mol. The minimum absolute atomic E-state index is 0.0785. The molecular formula is C22H29N5O5S. The molecule has 1 spiro atoms. The summed E-state index contributed by atoms with van der Waals surface area (Å²) in [4.78, 5) is 32.2. The quantitative estimate of drug-likeness (QED) is 0.528. The lowest BCUT2D eigenvalue weighted by molar-refractivity contribution is 0.102. The third-order valence-electron chi connectivity index (χ3n) is 6.43. The number of nitrogens with zero attached hydrogens (tertiary/aromatic N) is 3. The standard InChI is InChI=1S/C22H29N5O5S/c1-2-26-11-3-4-17(21(26)30)23-20(29)16-5-6-18(25-33(31,32)15-14-28)24-19(16)27-12-9-22(7-8-22)10-13-27/h3-6,11,28H,2,7-10,12-15H2,1H3,(H,23,29)(H,24,25). The average Bonchev–Trinajstić information content (AvgIpc) is 3.54. The van der Waals surface area contributed by atoms with Crippen molar-refractivity contribution in [2.45, 2.75) is 39.2 Å². The lowest BCUT2D eigenvalue weighted by Gasteiger charge is -2.34. The van der Waals surface area contributed by atoms with Crippen LogP contribution in [0.4, 0.5) is 17.3 Å². The molecule has 0 aromatic carbocycles. The van der Waals surface area contributed by atoms with Gasteiger partial charge in [0, 0.05) is 25.8 Å². The number of pyridine rings is 2. The molecule has 0 bridgehead atoms. The maximum absolute atomic E-state index is 13.2. The number of nitrogens with one attached hydrogen (secondary N) is 2. The van der Waals surface area contributed by atoms with Gasteiger partial charge in [0.2, 0.25) is 10.0 Å². The Morgan fingerprint density at radius 3 is 2.55 bits per heavy atom. The highest BCUT2D eigenvalue weighted by atomic mass is 32.2. The van der Waals surface area contributed by atoms with E-state index in [0.717, 1.165) is 12.8 Å². The average molecular weight is 476 g/mol. The molecule has 33 heavy (non-hydrogen) atoms. The first-order chi connectivity index (χ1) is 15.8. The van der Waals surface area contributed by atoms with Gasteiger partial charge in [0.1, 0.15) is 17.3 Å². The van der Waals surface area contributed by atoms with Crippen LogP contribution in [-0.2, 0) is 16.6 Å². The molecule has 11 heteroatoms. The van der Waals surface area contributed by atoms with E-state index >= 15 is 0 Å². The summed E-state index contributed by atoms with van der Waals surface area (Å²) >= 11 is 0. The highest BCUT2D eigenvalue weighted by Crippen LogP contribution is 2.54. The summed E-state index contributed by atoms with van der Waals surface area (Å²) in [6.45, 7) is 3.24. The predicted octanol–water partition coefficient (Wildman–Crippen LogP) is 1.63. The number of piperidine rings is 1. The summed E-state index contributed by atoms with van der Waals surface area (Å²) in [5.41, 5.74) is 0.538. The Morgan fingerprint density at radius 1 is 1.18 bits per heavy atom. The molecule has 1 saturated heterocycles. The number of carbonyl (C=O) groups is 1. The van der Waals surface area contributed by atoms with Crippen LogP contribution < -0.4 is 20.5 Å². The largest absolute Gasteiger partial charge is 0.395 e. The smallest absolute Gasteiger partial charge is 0.274 e. The van der Waals surface area contributed by atoms with Gasteiger partial charge in [-0.15, -0.1) is 0 Å². The molecule has 1 amide bonds. The van der Waals surface area contributed by atoms with Crippen molar-refractivity contribution in [2.75, 3.05) is 40.4 Å². The van der Waals surface area contributed by atoms with Crippen LogP contribution in [0.2, 0.25) is 0 Å². The number of aliphatic hydroxyl groups is 1. The Morgan fingerprint density at radius 2 is 1.91 bits per heavy atom. The van der Waals surface area contributed by atoms with E-state index in [0.29, 0.717) is 30.9 Å². The van der Waals surface area contributed by atoms with Crippen LogP contribution in [0.25, 0.3) is 0 Å². The van der Waals surface area contributed by atoms with Crippen molar-refractivity contribution in [1.29, 1.82) is 0 Å². The topological polar surface area (TPSA) is 134 Å². The predicted molar refractivity (Wildman–Crippen MR) is 126 cm³/mol. The molecule has 0 atom stereocenters. The van der Waals surface area contributed by atoms with E-state index in [1.165, 1.54) is 29.5 Å². The summed E-state index contributed by atoms with van der Waals surface area (Å²) in [5, 5.41) is 11.7. The number of sulfonamides is 1. The maximum atomic E-state index is 13.2. The molecule has 3 heterocycles. The van der Waals surface area contributed by atoms with Crippen molar-refractivity contribution in [2.24, 2.45) is 5.41 Å². The van der Waals surface area contributed by atoms with Gasteiger partial charge in [-0.1, -0.05) is 0 Å². The number of carbonyl (C=O) groups excluding carboxylic acids is 1. The third kappa shape index (κ3) is 5.19. The Bertz CT molecular complexity index is 1200. The van der Waals surface area contributed by atoms with E-state index < -0.39 is 28.3 Å². The molecule has 2 fully saturated rings. The highest BCUT2D eigenvalue weighted by Gasteiger charge is 2.45. The summed E-state index contributed by atoms with van der Waals surface area (Å²) in [5.74, 6) is -0.482. The van der Waals surface area contributed by atoms with E-state index in [1.807, 2.05) is 11.8 Å². The molecule has 3 N–H and O–H groups in total. The fourth-order valence-corrected chi connectivity index (χ4v) is 4.97. The fraction of sp³-hybridized carbons (Fsp3) is 0.500. The molecule has 178 valence electrons. The molecule has 0 unspecified atom stereocenters. The van der Waals surface area contributed by atoms with E-state index in [4.69, 9.17) is 5.11 Å². The van der Waals surface area contributed by atoms with Gasteiger partial charge in [-0.3, -0.25) is 14.3 Å². The lowest BCUT2D eigenvalue weighted by Crippen LogP contribution is -2.36. The van der Waals surface area contributed by atoms with E-state index in [9.17, 15) is 18.0 Å². The molecule has 10 nitrogen and oxygen atoms in total. The lowest BCUT2D eigenvalue weighted by atomic mass is 9.93. The van der Waals surface area contributed by atoms with Gasteiger partial charge in [-0.2, -0.15) is 0 Å². The van der Waals surface area contributed by atoms with Crippen LogP contribution in [0.5, 0.6) is 0 Å². The molecule has 2 aromatic rings. The van der Waals surface area contributed by atoms with Crippen LogP contribution >= 0.6 is 0 Å². The Kier molecular flexibility index (Phi) is 6.44. The van der Waals surface area contributed by atoms with Crippen molar-refractivity contribution < 1.29 is 18.3 Å². The van der Waals surface area contributed by atoms with Crippen LogP contribution in [0.15, 0.2) is 35.3 Å². The number of aliphatic hydroxyl groups excluding tert-OH is 1. The van der Waals surface area contributed by atoms with Gasteiger partial charge in [0.25, 0.3) is 11.5 Å². The second-order valence-corrected chi connectivity index (χ2v) is 10.5. The van der Waals surface area contributed by atoms with Gasteiger partial charge in [-0.25, -0.2) is 13.4 Å². The van der Waals surface area contributed by atoms with Crippen molar-refractivity contribution in [3.05, 3.63) is 46.4 Å². The van der Waals surface area contributed by atoms with Crippen molar-refractivity contribution in [3.8, 4) is 0 Å². The van der Waals surface area contributed by atoms with Crippen molar-refractivity contribution >= 4 is 33.3 Å². The highest BCUT2D eigenvalue weighted by molar-refractivity contribution is 7.92. The number of amides is 1. The zero-order valence-electron chi connectivity index (χ0n) is 18.6.